The third-order valence-corrected chi connectivity index (χ3v) is 4.51. The van der Waals surface area contributed by atoms with E-state index in [4.69, 9.17) is 9.84 Å². The van der Waals surface area contributed by atoms with Gasteiger partial charge in [-0.25, -0.2) is 4.79 Å². The number of nitrogens with one attached hydrogen (secondary N) is 1. The molecule has 4 heteroatoms. The predicted molar refractivity (Wildman–Crippen MR) is 93.0 cm³/mol. The molecule has 4 nitrogen and oxygen atoms in total. The van der Waals surface area contributed by atoms with Crippen molar-refractivity contribution >= 4 is 5.97 Å². The minimum atomic E-state index is -0.889. The molecule has 2 aromatic carbocycles. The fraction of sp³-hybridized carbons (Fsp3) is 0.350. The topological polar surface area (TPSA) is 58.6 Å². The van der Waals surface area contributed by atoms with Crippen LogP contribution >= 0.6 is 0 Å². The van der Waals surface area contributed by atoms with Crippen molar-refractivity contribution in [3.63, 3.8) is 0 Å². The van der Waals surface area contributed by atoms with Gasteiger partial charge in [0.15, 0.2) is 0 Å². The van der Waals surface area contributed by atoms with Crippen molar-refractivity contribution < 1.29 is 14.6 Å². The number of aromatic carboxylic acids is 1. The second kappa shape index (κ2) is 8.08. The van der Waals surface area contributed by atoms with E-state index in [0.717, 1.165) is 38.1 Å². The van der Waals surface area contributed by atoms with E-state index >= 15 is 0 Å². The molecule has 24 heavy (non-hydrogen) atoms. The Morgan fingerprint density at radius 2 is 1.88 bits per heavy atom. The van der Waals surface area contributed by atoms with Gasteiger partial charge < -0.3 is 15.2 Å². The van der Waals surface area contributed by atoms with Crippen LogP contribution in [0.2, 0.25) is 0 Å². The van der Waals surface area contributed by atoms with Crippen LogP contribution in [0.3, 0.4) is 0 Å². The average Bonchev–Trinajstić information content (AvgIpc) is 2.63. The summed E-state index contributed by atoms with van der Waals surface area (Å²) in [6, 6.07) is 17.4. The average molecular weight is 325 g/mol. The van der Waals surface area contributed by atoms with Crippen LogP contribution in [-0.2, 0) is 11.3 Å². The summed E-state index contributed by atoms with van der Waals surface area (Å²) in [5, 5.41) is 12.4. The van der Waals surface area contributed by atoms with Gasteiger partial charge in [0, 0.05) is 25.6 Å². The van der Waals surface area contributed by atoms with Gasteiger partial charge in [-0.3, -0.25) is 0 Å². The van der Waals surface area contributed by atoms with E-state index in [1.807, 2.05) is 18.2 Å². The third-order valence-electron chi connectivity index (χ3n) is 4.51. The van der Waals surface area contributed by atoms with Gasteiger partial charge in [-0.15, -0.1) is 0 Å². The number of carboxylic acid groups (broad SMARTS) is 1. The summed E-state index contributed by atoms with van der Waals surface area (Å²) in [5.74, 6) is -0.431. The Kier molecular flexibility index (Phi) is 5.62. The molecule has 0 spiro atoms. The molecule has 0 bridgehead atoms. The molecule has 0 aliphatic carbocycles. The SMILES string of the molecule is O=C(O)c1ccc(CNCC2CCCOC2c2ccccc2)cc1. The zero-order valence-electron chi connectivity index (χ0n) is 13.7. The van der Waals surface area contributed by atoms with Gasteiger partial charge >= 0.3 is 5.97 Å². The fourth-order valence-corrected chi connectivity index (χ4v) is 3.23. The molecule has 2 aromatic rings. The summed E-state index contributed by atoms with van der Waals surface area (Å²) in [6.07, 6.45) is 2.41. The van der Waals surface area contributed by atoms with Crippen LogP contribution in [-0.4, -0.2) is 24.2 Å². The molecular formula is C20H23NO3. The summed E-state index contributed by atoms with van der Waals surface area (Å²) in [7, 11) is 0. The molecule has 1 fully saturated rings. The monoisotopic (exact) mass is 325 g/mol. The van der Waals surface area contributed by atoms with Gasteiger partial charge in [-0.2, -0.15) is 0 Å². The standard InChI is InChI=1S/C20H23NO3/c22-20(23)17-10-8-15(9-11-17)13-21-14-18-7-4-12-24-19(18)16-5-2-1-3-6-16/h1-3,5-6,8-11,18-19,21H,4,7,12-14H2,(H,22,23). The molecule has 1 saturated heterocycles. The van der Waals surface area contributed by atoms with E-state index in [1.54, 1.807) is 12.1 Å². The first-order chi connectivity index (χ1) is 11.7. The molecule has 0 aromatic heterocycles. The van der Waals surface area contributed by atoms with Crippen molar-refractivity contribution in [2.75, 3.05) is 13.2 Å². The lowest BCUT2D eigenvalue weighted by molar-refractivity contribution is -0.0278. The summed E-state index contributed by atoms with van der Waals surface area (Å²) >= 11 is 0. The van der Waals surface area contributed by atoms with Gasteiger partial charge in [0.05, 0.1) is 11.7 Å². The quantitative estimate of drug-likeness (QED) is 0.851. The van der Waals surface area contributed by atoms with Gasteiger partial charge in [0.25, 0.3) is 0 Å². The van der Waals surface area contributed by atoms with E-state index < -0.39 is 5.97 Å². The van der Waals surface area contributed by atoms with E-state index in [-0.39, 0.29) is 6.10 Å². The molecule has 1 heterocycles. The van der Waals surface area contributed by atoms with Crippen molar-refractivity contribution in [1.29, 1.82) is 0 Å². The highest BCUT2D eigenvalue weighted by molar-refractivity contribution is 5.87. The first-order valence-corrected chi connectivity index (χ1v) is 8.43. The predicted octanol–water partition coefficient (Wildman–Crippen LogP) is 3.64. The van der Waals surface area contributed by atoms with Crippen LogP contribution in [0.15, 0.2) is 54.6 Å². The number of hydrogen-bond acceptors (Lipinski definition) is 3. The number of rotatable bonds is 6. The van der Waals surface area contributed by atoms with E-state index in [0.29, 0.717) is 11.5 Å². The molecule has 2 atom stereocenters. The Labute approximate surface area is 142 Å². The van der Waals surface area contributed by atoms with Crippen molar-refractivity contribution in [2.45, 2.75) is 25.5 Å². The highest BCUT2D eigenvalue weighted by Crippen LogP contribution is 2.33. The van der Waals surface area contributed by atoms with Crippen LogP contribution in [0.5, 0.6) is 0 Å². The maximum atomic E-state index is 10.9. The Bertz CT molecular complexity index is 654. The molecular weight excluding hydrogens is 302 g/mol. The first kappa shape index (κ1) is 16.7. The molecule has 0 radical (unpaired) electrons. The molecule has 126 valence electrons. The van der Waals surface area contributed by atoms with Crippen LogP contribution < -0.4 is 5.32 Å². The zero-order valence-corrected chi connectivity index (χ0v) is 13.7. The van der Waals surface area contributed by atoms with Crippen LogP contribution in [0.1, 0.15) is 40.4 Å². The van der Waals surface area contributed by atoms with Gasteiger partial charge in [0.1, 0.15) is 0 Å². The Morgan fingerprint density at radius 3 is 2.58 bits per heavy atom. The van der Waals surface area contributed by atoms with E-state index in [1.165, 1.54) is 5.56 Å². The minimum absolute atomic E-state index is 0.154. The second-order valence-corrected chi connectivity index (χ2v) is 6.24. The van der Waals surface area contributed by atoms with E-state index in [9.17, 15) is 4.79 Å². The summed E-state index contributed by atoms with van der Waals surface area (Å²) in [5.41, 5.74) is 2.66. The van der Waals surface area contributed by atoms with Crippen LogP contribution in [0.25, 0.3) is 0 Å². The maximum Gasteiger partial charge on any atom is 0.335 e. The Hall–Kier alpha value is -2.17. The van der Waals surface area contributed by atoms with Crippen molar-refractivity contribution in [2.24, 2.45) is 5.92 Å². The molecule has 2 N–H and O–H groups in total. The third kappa shape index (κ3) is 4.22. The van der Waals surface area contributed by atoms with Crippen LogP contribution in [0, 0.1) is 5.92 Å². The Morgan fingerprint density at radius 1 is 1.12 bits per heavy atom. The molecule has 3 rings (SSSR count). The van der Waals surface area contributed by atoms with Crippen molar-refractivity contribution in [3.8, 4) is 0 Å². The largest absolute Gasteiger partial charge is 0.478 e. The lowest BCUT2D eigenvalue weighted by atomic mass is 9.89. The lowest BCUT2D eigenvalue weighted by Crippen LogP contribution is -2.31. The number of carbonyl (C=O) groups is 1. The second-order valence-electron chi connectivity index (χ2n) is 6.24. The maximum absolute atomic E-state index is 10.9. The van der Waals surface area contributed by atoms with E-state index in [2.05, 4.69) is 29.6 Å². The number of hydrogen-bond donors (Lipinski definition) is 2. The molecule has 2 unspecified atom stereocenters. The van der Waals surface area contributed by atoms with Crippen molar-refractivity contribution in [1.82, 2.24) is 5.32 Å². The molecule has 1 aliphatic heterocycles. The van der Waals surface area contributed by atoms with Gasteiger partial charge in [0.2, 0.25) is 0 Å². The van der Waals surface area contributed by atoms with Gasteiger partial charge in [-0.05, 0) is 36.1 Å². The molecule has 1 aliphatic rings. The fourth-order valence-electron chi connectivity index (χ4n) is 3.23. The minimum Gasteiger partial charge on any atom is -0.478 e. The zero-order chi connectivity index (χ0) is 16.8. The molecule has 0 amide bonds. The summed E-state index contributed by atoms with van der Waals surface area (Å²) < 4.78 is 6.02. The smallest absolute Gasteiger partial charge is 0.335 e. The first-order valence-electron chi connectivity index (χ1n) is 8.43. The highest BCUT2D eigenvalue weighted by atomic mass is 16.5. The highest BCUT2D eigenvalue weighted by Gasteiger charge is 2.26. The number of ether oxygens (including phenoxy) is 1. The van der Waals surface area contributed by atoms with Crippen LogP contribution in [0.4, 0.5) is 0 Å². The number of carboxylic acids is 1. The summed E-state index contributed by atoms with van der Waals surface area (Å²) in [4.78, 5) is 10.9. The lowest BCUT2D eigenvalue weighted by Gasteiger charge is -2.32. The van der Waals surface area contributed by atoms with Crippen molar-refractivity contribution in [3.05, 3.63) is 71.3 Å². The normalized spacial score (nSPS) is 20.7. The Balaban J connectivity index is 1.55. The molecule has 0 saturated carbocycles. The summed E-state index contributed by atoms with van der Waals surface area (Å²) in [6.45, 7) is 2.45. The number of benzene rings is 2. The van der Waals surface area contributed by atoms with Gasteiger partial charge in [-0.1, -0.05) is 42.5 Å².